The third kappa shape index (κ3) is 55.3. The first-order chi connectivity index (χ1) is 4.41. The second-order valence-corrected chi connectivity index (χ2v) is 1.04. The van der Waals surface area contributed by atoms with Gasteiger partial charge in [0.25, 0.3) is 0 Å². The van der Waals surface area contributed by atoms with Crippen LogP contribution < -0.4 is 57.1 Å². The fourth-order valence-electron chi connectivity index (χ4n) is 0.224. The summed E-state index contributed by atoms with van der Waals surface area (Å²) in [6.07, 6.45) is 1.18. The Bertz CT molecular complexity index is 19.1. The smallest absolute Gasteiger partial charge is 0.665 e. The summed E-state index contributed by atoms with van der Waals surface area (Å²) in [6.45, 7) is 7.13. The molecule has 3 heteroatoms. The van der Waals surface area contributed by atoms with Crippen molar-refractivity contribution >= 4 is 0 Å². The quantitative estimate of drug-likeness (QED) is 0.534. The zero-order chi connectivity index (χ0) is 8.12. The number of hydrogen-bond donors (Lipinski definition) is 1. The van der Waals surface area contributed by atoms with Crippen molar-refractivity contribution in [3.05, 3.63) is 5.32 Å². The zero-order valence-electron chi connectivity index (χ0n) is 8.44. The van der Waals surface area contributed by atoms with Crippen LogP contribution in [0.5, 0.6) is 0 Å². The molecule has 0 amide bonds. The predicted octanol–water partition coefficient (Wildman–Crippen LogP) is -0.995. The molecule has 0 unspecified atom stereocenters. The first-order valence-electron chi connectivity index (χ1n) is 3.55. The summed E-state index contributed by atoms with van der Waals surface area (Å²) in [6, 6.07) is 0. The molecule has 2 N–H and O–H groups in total. The average Bonchev–Trinajstić information content (AvgIpc) is 1.98. The number of nitrogens with two attached hydrogens (primary N) is 1. The topological polar surface area (TPSA) is 40.1 Å². The summed E-state index contributed by atoms with van der Waals surface area (Å²) in [5, 5.41) is 3.85. The van der Waals surface area contributed by atoms with Gasteiger partial charge in [-0.05, 0) is 7.05 Å². The molecule has 0 radical (unpaired) electrons. The van der Waals surface area contributed by atoms with Gasteiger partial charge in [0.1, 0.15) is 0 Å². The molecule has 2 nitrogen and oxygen atoms in total. The van der Waals surface area contributed by atoms with E-state index in [1.807, 2.05) is 20.9 Å². The summed E-state index contributed by atoms with van der Waals surface area (Å²) in [7, 11) is 3.34. The minimum atomic E-state index is 0. The van der Waals surface area contributed by atoms with Gasteiger partial charge in [-0.25, -0.2) is 0 Å². The molecular weight excluding hydrogens is 151 g/mol. The van der Waals surface area contributed by atoms with Gasteiger partial charge in [0.2, 0.25) is 0 Å². The maximum atomic E-state index is 4.50. The van der Waals surface area contributed by atoms with Crippen LogP contribution in [0.2, 0.25) is 0 Å². The zero-order valence-corrected chi connectivity index (χ0v) is 11.6. The van der Waals surface area contributed by atoms with Gasteiger partial charge in [0, 0.05) is 0 Å². The Morgan fingerprint density at radius 2 is 1.50 bits per heavy atom. The van der Waals surface area contributed by atoms with E-state index in [1.54, 1.807) is 0 Å². The average molecular weight is 172 g/mol. The maximum absolute atomic E-state index is 4.50. The van der Waals surface area contributed by atoms with Gasteiger partial charge in [-0.2, -0.15) is 7.05 Å². The third-order valence-corrected chi connectivity index (χ3v) is 0.447. The Hall–Kier alpha value is 1.56. The fourth-order valence-corrected chi connectivity index (χ4v) is 0.224. The van der Waals surface area contributed by atoms with Crippen LogP contribution in [0.1, 0.15) is 27.2 Å². The largest absolute Gasteiger partial charge is 1.00 e. The first-order valence-corrected chi connectivity index (χ1v) is 3.55. The van der Waals surface area contributed by atoms with Crippen molar-refractivity contribution in [3.63, 3.8) is 0 Å². The first kappa shape index (κ1) is 22.6. The van der Waals surface area contributed by atoms with Crippen LogP contribution in [0.25, 0.3) is 5.32 Å². The Morgan fingerprint density at radius 1 is 1.20 bits per heavy atom. The summed E-state index contributed by atoms with van der Waals surface area (Å²) in [4.78, 5) is 0. The van der Waals surface area contributed by atoms with E-state index in [-0.39, 0.29) is 51.4 Å². The van der Waals surface area contributed by atoms with Crippen LogP contribution in [-0.4, -0.2) is 20.6 Å². The Morgan fingerprint density at radius 3 is 1.50 bits per heavy atom. The van der Waals surface area contributed by atoms with Crippen molar-refractivity contribution in [2.45, 2.75) is 27.2 Å². The van der Waals surface area contributed by atoms with Gasteiger partial charge in [-0.3, -0.25) is 0 Å². The van der Waals surface area contributed by atoms with Crippen molar-refractivity contribution in [1.82, 2.24) is 0 Å². The van der Waals surface area contributed by atoms with Gasteiger partial charge in [-0.15, -0.1) is 6.54 Å². The molecule has 0 aromatic carbocycles. The van der Waals surface area contributed by atoms with Crippen LogP contribution in [0, 0.1) is 0 Å². The Kier molecular flexibility index (Phi) is 105. The van der Waals surface area contributed by atoms with E-state index in [1.165, 1.54) is 13.5 Å². The van der Waals surface area contributed by atoms with Crippen molar-refractivity contribution in [1.29, 1.82) is 0 Å². The minimum absolute atomic E-state index is 0. The van der Waals surface area contributed by atoms with Gasteiger partial charge < -0.3 is 11.1 Å². The van der Waals surface area contributed by atoms with Crippen molar-refractivity contribution < 1.29 is 51.4 Å². The van der Waals surface area contributed by atoms with E-state index < -0.39 is 0 Å². The van der Waals surface area contributed by atoms with Crippen molar-refractivity contribution in [3.8, 4) is 0 Å². The molecule has 0 aromatic heterocycles. The molecule has 0 saturated carbocycles. The fraction of sp³-hybridized carbons (Fsp3) is 1.00. The van der Waals surface area contributed by atoms with E-state index >= 15 is 0 Å². The monoisotopic (exact) mass is 172 g/mol. The van der Waals surface area contributed by atoms with E-state index in [0.29, 0.717) is 0 Å². The number of nitrogens with zero attached hydrogens (tertiary/aromatic N) is 1. The van der Waals surface area contributed by atoms with Crippen LogP contribution in [0.15, 0.2) is 0 Å². The molecule has 0 aliphatic rings. The van der Waals surface area contributed by atoms with E-state index in [0.717, 1.165) is 6.54 Å². The molecule has 0 atom stereocenters. The van der Waals surface area contributed by atoms with Crippen LogP contribution in [-0.2, 0) is 0 Å². The summed E-state index contributed by atoms with van der Waals surface area (Å²) in [5.74, 6) is 0. The van der Waals surface area contributed by atoms with Crippen LogP contribution in [0.3, 0.4) is 0 Å². The second-order valence-electron chi connectivity index (χ2n) is 1.04. The molecule has 0 bridgehead atoms. The summed E-state index contributed by atoms with van der Waals surface area (Å²) in [5.41, 5.74) is 4.50. The SMILES string of the molecule is CC.CCC[N-]C.CN.[K+]. The molecule has 0 rings (SSSR count). The molecule has 0 aliphatic heterocycles. The summed E-state index contributed by atoms with van der Waals surface area (Å²) < 4.78 is 0. The number of hydrogen-bond acceptors (Lipinski definition) is 1. The minimum Gasteiger partial charge on any atom is -0.665 e. The Labute approximate surface area is 109 Å². The van der Waals surface area contributed by atoms with Gasteiger partial charge in [0.15, 0.2) is 0 Å². The second kappa shape index (κ2) is 46.4. The number of rotatable bonds is 2. The molecular formula is C7H21KN2. The predicted molar refractivity (Wildman–Crippen MR) is 45.9 cm³/mol. The molecule has 0 saturated heterocycles. The maximum Gasteiger partial charge on any atom is 1.00 e. The van der Waals surface area contributed by atoms with Crippen molar-refractivity contribution in [2.75, 3.05) is 20.6 Å². The molecule has 10 heavy (non-hydrogen) atoms. The van der Waals surface area contributed by atoms with Gasteiger partial charge >= 0.3 is 51.4 Å². The molecule has 0 heterocycles. The van der Waals surface area contributed by atoms with Crippen LogP contribution in [0.4, 0.5) is 0 Å². The van der Waals surface area contributed by atoms with E-state index in [2.05, 4.69) is 18.0 Å². The van der Waals surface area contributed by atoms with Gasteiger partial charge in [0.05, 0.1) is 0 Å². The van der Waals surface area contributed by atoms with Gasteiger partial charge in [-0.1, -0.05) is 27.2 Å². The molecule has 0 spiro atoms. The van der Waals surface area contributed by atoms with E-state index in [4.69, 9.17) is 0 Å². The van der Waals surface area contributed by atoms with Crippen molar-refractivity contribution in [2.24, 2.45) is 5.73 Å². The van der Waals surface area contributed by atoms with Crippen LogP contribution >= 0.6 is 0 Å². The summed E-state index contributed by atoms with van der Waals surface area (Å²) >= 11 is 0. The third-order valence-electron chi connectivity index (χ3n) is 0.447. The molecule has 0 fully saturated rings. The molecule has 0 aliphatic carbocycles. The normalized spacial score (nSPS) is 5.40. The molecule has 60 valence electrons. The molecule has 0 aromatic rings. The standard InChI is InChI=1S/C4H10N.C2H6.CH5N.K/c1-3-4-5-2;2*1-2;/h3-4H2,1-2H3;1-2H3;2H2,1H3;/q-1;;;+1. The Balaban J connectivity index is -0.0000000315. The van der Waals surface area contributed by atoms with E-state index in [9.17, 15) is 0 Å².